The number of likely N-dealkylation sites (N-methyl/N-ethyl adjacent to an activating group) is 2. The van der Waals surface area contributed by atoms with Crippen LogP contribution in [0.2, 0.25) is 0 Å². The summed E-state index contributed by atoms with van der Waals surface area (Å²) in [5.74, 6) is 1.87. The number of nitrogens with zero attached hydrogens (tertiary/aromatic N) is 2. The van der Waals surface area contributed by atoms with Crippen LogP contribution in [0.3, 0.4) is 0 Å². The van der Waals surface area contributed by atoms with Crippen molar-refractivity contribution in [2.75, 3.05) is 59.5 Å². The van der Waals surface area contributed by atoms with E-state index in [-0.39, 0.29) is 0 Å². The Bertz CT molecular complexity index is 463. The summed E-state index contributed by atoms with van der Waals surface area (Å²) >= 11 is 0. The first-order chi connectivity index (χ1) is 11.6. The van der Waals surface area contributed by atoms with Crippen molar-refractivity contribution in [2.24, 2.45) is 0 Å². The van der Waals surface area contributed by atoms with Crippen LogP contribution in [0, 0.1) is 0 Å². The average Bonchev–Trinajstić information content (AvgIpc) is 2.78. The van der Waals surface area contributed by atoms with Gasteiger partial charge in [0, 0.05) is 19.5 Å². The van der Waals surface area contributed by atoms with Crippen LogP contribution in [0.1, 0.15) is 33.1 Å². The molecule has 1 heterocycles. The number of benzene rings is 1. The molecule has 1 aliphatic rings. The molecule has 1 fully saturated rings. The molecule has 0 aliphatic carbocycles. The van der Waals surface area contributed by atoms with Gasteiger partial charge in [-0.3, -0.25) is 4.90 Å². The summed E-state index contributed by atoms with van der Waals surface area (Å²) in [6.07, 6.45) is 3.55. The van der Waals surface area contributed by atoms with Gasteiger partial charge in [0.15, 0.2) is 0 Å². The Morgan fingerprint density at radius 3 is 2.25 bits per heavy atom. The van der Waals surface area contributed by atoms with Crippen LogP contribution < -0.4 is 9.47 Å². The molecule has 24 heavy (non-hydrogen) atoms. The average molecular weight is 336 g/mol. The van der Waals surface area contributed by atoms with E-state index in [1.807, 2.05) is 24.3 Å². The van der Waals surface area contributed by atoms with Gasteiger partial charge in [-0.2, -0.15) is 0 Å². The van der Waals surface area contributed by atoms with Gasteiger partial charge in [-0.25, -0.2) is 0 Å². The van der Waals surface area contributed by atoms with E-state index in [4.69, 9.17) is 9.47 Å². The molecule has 1 aromatic rings. The van der Waals surface area contributed by atoms with Crippen molar-refractivity contribution < 1.29 is 14.0 Å². The summed E-state index contributed by atoms with van der Waals surface area (Å²) in [7, 11) is 2.37. The zero-order valence-electron chi connectivity index (χ0n) is 15.8. The largest absolute Gasteiger partial charge is 0.494 e. The lowest BCUT2D eigenvalue weighted by Gasteiger charge is -2.33. The highest BCUT2D eigenvalue weighted by molar-refractivity contribution is 5.31. The minimum Gasteiger partial charge on any atom is -0.494 e. The zero-order chi connectivity index (χ0) is 17.3. The van der Waals surface area contributed by atoms with Crippen LogP contribution in [0.25, 0.3) is 0 Å². The molecular weight excluding hydrogens is 300 g/mol. The standard InChI is InChI=1S/C20H35N2O2/c1-4-6-17-23-19-8-10-20(11-9-19)24-18-16-22(3)14-7-12-21(5-2)13-15-22/h8-11H,4-7,12-18H2,1-3H3/q+1. The molecule has 0 radical (unpaired) electrons. The molecule has 1 aromatic carbocycles. The normalized spacial score (nSPS) is 22.1. The van der Waals surface area contributed by atoms with E-state index >= 15 is 0 Å². The predicted molar refractivity (Wildman–Crippen MR) is 99.9 cm³/mol. The van der Waals surface area contributed by atoms with E-state index in [1.165, 1.54) is 39.1 Å². The van der Waals surface area contributed by atoms with Gasteiger partial charge in [-0.15, -0.1) is 0 Å². The molecule has 0 aromatic heterocycles. The van der Waals surface area contributed by atoms with Gasteiger partial charge in [0.1, 0.15) is 24.7 Å². The maximum absolute atomic E-state index is 5.96. The van der Waals surface area contributed by atoms with Gasteiger partial charge in [-0.05, 0) is 37.2 Å². The van der Waals surface area contributed by atoms with Crippen molar-refractivity contribution in [2.45, 2.75) is 33.1 Å². The smallest absolute Gasteiger partial charge is 0.137 e. The fraction of sp³-hybridized carbons (Fsp3) is 0.700. The lowest BCUT2D eigenvalue weighted by Crippen LogP contribution is -2.49. The second kappa shape index (κ2) is 9.90. The lowest BCUT2D eigenvalue weighted by atomic mass is 10.3. The highest BCUT2D eigenvalue weighted by Gasteiger charge is 2.25. The topological polar surface area (TPSA) is 21.7 Å². The maximum atomic E-state index is 5.96. The molecule has 0 saturated carbocycles. The number of unbranched alkanes of at least 4 members (excludes halogenated alkanes) is 1. The molecule has 0 N–H and O–H groups in total. The van der Waals surface area contributed by atoms with Crippen LogP contribution in [0.15, 0.2) is 24.3 Å². The fourth-order valence-electron chi connectivity index (χ4n) is 3.17. The van der Waals surface area contributed by atoms with Crippen LogP contribution in [-0.4, -0.2) is 68.9 Å². The Hall–Kier alpha value is -1.26. The van der Waals surface area contributed by atoms with Gasteiger partial charge in [0.05, 0.1) is 26.7 Å². The Kier molecular flexibility index (Phi) is 7.86. The third kappa shape index (κ3) is 6.33. The highest BCUT2D eigenvalue weighted by Crippen LogP contribution is 2.18. The Morgan fingerprint density at radius 2 is 1.62 bits per heavy atom. The van der Waals surface area contributed by atoms with Gasteiger partial charge in [0.25, 0.3) is 0 Å². The molecule has 1 saturated heterocycles. The Morgan fingerprint density at radius 1 is 0.958 bits per heavy atom. The van der Waals surface area contributed by atoms with Crippen LogP contribution in [0.5, 0.6) is 11.5 Å². The molecule has 0 bridgehead atoms. The van der Waals surface area contributed by atoms with E-state index in [0.29, 0.717) is 0 Å². The van der Waals surface area contributed by atoms with Crippen LogP contribution in [-0.2, 0) is 0 Å². The van der Waals surface area contributed by atoms with Crippen molar-refractivity contribution in [1.29, 1.82) is 0 Å². The summed E-state index contributed by atoms with van der Waals surface area (Å²) in [5, 5.41) is 0. The van der Waals surface area contributed by atoms with Crippen molar-refractivity contribution >= 4 is 0 Å². The second-order valence-electron chi connectivity index (χ2n) is 7.10. The van der Waals surface area contributed by atoms with Gasteiger partial charge in [0.2, 0.25) is 0 Å². The predicted octanol–water partition coefficient (Wildman–Crippen LogP) is 3.42. The minimum atomic E-state index is 0.776. The second-order valence-corrected chi connectivity index (χ2v) is 7.10. The lowest BCUT2D eigenvalue weighted by molar-refractivity contribution is -0.907. The molecule has 0 amide bonds. The summed E-state index contributed by atoms with van der Waals surface area (Å²) in [6, 6.07) is 8.05. The molecule has 1 atom stereocenters. The van der Waals surface area contributed by atoms with Crippen molar-refractivity contribution in [3.63, 3.8) is 0 Å². The quantitative estimate of drug-likeness (QED) is 0.510. The van der Waals surface area contributed by atoms with E-state index in [0.717, 1.165) is 48.6 Å². The van der Waals surface area contributed by atoms with Crippen LogP contribution >= 0.6 is 0 Å². The first-order valence-corrected chi connectivity index (χ1v) is 9.57. The Labute approximate surface area is 147 Å². The van der Waals surface area contributed by atoms with Gasteiger partial charge in [-0.1, -0.05) is 20.3 Å². The number of hydrogen-bond donors (Lipinski definition) is 0. The number of hydrogen-bond acceptors (Lipinski definition) is 3. The highest BCUT2D eigenvalue weighted by atomic mass is 16.5. The number of rotatable bonds is 9. The molecule has 1 unspecified atom stereocenters. The first kappa shape index (κ1) is 19.1. The van der Waals surface area contributed by atoms with Crippen LogP contribution in [0.4, 0.5) is 0 Å². The van der Waals surface area contributed by atoms with E-state index in [9.17, 15) is 0 Å². The van der Waals surface area contributed by atoms with Crippen molar-refractivity contribution in [3.05, 3.63) is 24.3 Å². The summed E-state index contributed by atoms with van der Waals surface area (Å²) in [4.78, 5) is 2.56. The molecule has 1 aliphatic heterocycles. The van der Waals surface area contributed by atoms with E-state index < -0.39 is 0 Å². The zero-order valence-corrected chi connectivity index (χ0v) is 15.8. The molecule has 4 heteroatoms. The monoisotopic (exact) mass is 335 g/mol. The molecule has 4 nitrogen and oxygen atoms in total. The Balaban J connectivity index is 1.73. The summed E-state index contributed by atoms with van der Waals surface area (Å²) in [6.45, 7) is 13.2. The molecule has 136 valence electrons. The number of ether oxygens (including phenoxy) is 2. The molecule has 0 spiro atoms. The molecular formula is C20H35N2O2+. The molecule has 2 rings (SSSR count). The number of quaternary nitrogens is 1. The third-order valence-electron chi connectivity index (χ3n) is 5.07. The van der Waals surface area contributed by atoms with Crippen molar-refractivity contribution in [3.8, 4) is 11.5 Å². The van der Waals surface area contributed by atoms with Gasteiger partial charge >= 0.3 is 0 Å². The first-order valence-electron chi connectivity index (χ1n) is 9.57. The van der Waals surface area contributed by atoms with E-state index in [1.54, 1.807) is 0 Å². The van der Waals surface area contributed by atoms with E-state index in [2.05, 4.69) is 25.8 Å². The SMILES string of the molecule is CCCCOc1ccc(OCC[N+]2(C)CCCN(CC)CC2)cc1. The summed E-state index contributed by atoms with van der Waals surface area (Å²) in [5.41, 5.74) is 0. The van der Waals surface area contributed by atoms with Crippen molar-refractivity contribution in [1.82, 2.24) is 4.90 Å². The fourth-order valence-corrected chi connectivity index (χ4v) is 3.17. The third-order valence-corrected chi connectivity index (χ3v) is 5.07. The maximum Gasteiger partial charge on any atom is 0.137 e. The summed E-state index contributed by atoms with van der Waals surface area (Å²) < 4.78 is 12.8. The minimum absolute atomic E-state index is 0.776. The van der Waals surface area contributed by atoms with Gasteiger partial charge < -0.3 is 14.0 Å².